The van der Waals surface area contributed by atoms with Gasteiger partial charge in [-0.3, -0.25) is 4.79 Å². The van der Waals surface area contributed by atoms with Gasteiger partial charge in [-0.15, -0.1) is 0 Å². The van der Waals surface area contributed by atoms with Gasteiger partial charge in [0.2, 0.25) is 0 Å². The highest BCUT2D eigenvalue weighted by molar-refractivity contribution is 7.91. The van der Waals surface area contributed by atoms with Gasteiger partial charge in [0, 0.05) is 23.2 Å². The van der Waals surface area contributed by atoms with Crippen molar-refractivity contribution in [3.63, 3.8) is 0 Å². The van der Waals surface area contributed by atoms with Crippen LogP contribution < -0.4 is 0 Å². The van der Waals surface area contributed by atoms with Crippen molar-refractivity contribution in [2.75, 3.05) is 18.1 Å². The molecule has 2 heterocycles. The second-order valence-electron chi connectivity index (χ2n) is 6.34. The molecule has 0 saturated carbocycles. The van der Waals surface area contributed by atoms with Gasteiger partial charge in [0.25, 0.3) is 5.91 Å². The van der Waals surface area contributed by atoms with E-state index in [1.54, 1.807) is 35.2 Å². The van der Waals surface area contributed by atoms with Crippen molar-refractivity contribution in [3.05, 3.63) is 46.1 Å². The zero-order valence-corrected chi connectivity index (χ0v) is 16.6. The van der Waals surface area contributed by atoms with Gasteiger partial charge >= 0.3 is 0 Å². The molecule has 8 heteroatoms. The van der Waals surface area contributed by atoms with E-state index in [2.05, 4.69) is 0 Å². The highest BCUT2D eigenvalue weighted by Crippen LogP contribution is 2.32. The molecule has 0 N–H and O–H groups in total. The van der Waals surface area contributed by atoms with Crippen LogP contribution >= 0.6 is 23.2 Å². The lowest BCUT2D eigenvalue weighted by Crippen LogP contribution is -2.41. The fourth-order valence-corrected chi connectivity index (χ4v) is 5.25. The summed E-state index contributed by atoms with van der Waals surface area (Å²) in [6, 6.07) is 7.95. The van der Waals surface area contributed by atoms with Crippen LogP contribution in [0.15, 0.2) is 34.7 Å². The standard InChI is InChI=1S/C18H19Cl2NO4S/c1-2-8-21(13-7-9-26(23,24)11-13)18(22)17-6-5-16(25-17)14-10-12(19)3-4-15(14)20/h3-6,10,13H,2,7-9,11H2,1H3. The molecular weight excluding hydrogens is 397 g/mol. The Balaban J connectivity index is 1.87. The highest BCUT2D eigenvalue weighted by Gasteiger charge is 2.35. The lowest BCUT2D eigenvalue weighted by molar-refractivity contribution is 0.0665. The van der Waals surface area contributed by atoms with E-state index in [4.69, 9.17) is 27.6 Å². The first-order chi connectivity index (χ1) is 12.3. The number of hydrogen-bond donors (Lipinski definition) is 0. The second-order valence-corrected chi connectivity index (χ2v) is 9.42. The molecule has 140 valence electrons. The topological polar surface area (TPSA) is 67.6 Å². The van der Waals surface area contributed by atoms with Crippen LogP contribution in [0, 0.1) is 0 Å². The van der Waals surface area contributed by atoms with Crippen molar-refractivity contribution in [1.29, 1.82) is 0 Å². The van der Waals surface area contributed by atoms with Crippen LogP contribution in [0.2, 0.25) is 10.0 Å². The van der Waals surface area contributed by atoms with Crippen LogP contribution in [-0.2, 0) is 9.84 Å². The van der Waals surface area contributed by atoms with Crippen molar-refractivity contribution in [3.8, 4) is 11.3 Å². The summed E-state index contributed by atoms with van der Waals surface area (Å²) < 4.78 is 29.3. The highest BCUT2D eigenvalue weighted by atomic mass is 35.5. The molecule has 1 fully saturated rings. The van der Waals surface area contributed by atoms with E-state index in [1.807, 2.05) is 6.92 Å². The Hall–Kier alpha value is -1.50. The third kappa shape index (κ3) is 4.08. The lowest BCUT2D eigenvalue weighted by Gasteiger charge is -2.26. The molecule has 1 aromatic carbocycles. The molecule has 2 aromatic rings. The summed E-state index contributed by atoms with van der Waals surface area (Å²) in [5.74, 6) is 0.419. The van der Waals surface area contributed by atoms with E-state index in [0.717, 1.165) is 6.42 Å². The largest absolute Gasteiger partial charge is 0.451 e. The van der Waals surface area contributed by atoms with Crippen molar-refractivity contribution < 1.29 is 17.6 Å². The molecule has 3 rings (SSSR count). The molecule has 1 aromatic heterocycles. The first-order valence-corrected chi connectivity index (χ1v) is 10.9. The summed E-state index contributed by atoms with van der Waals surface area (Å²) >= 11 is 12.2. The van der Waals surface area contributed by atoms with Crippen LogP contribution in [0.3, 0.4) is 0 Å². The van der Waals surface area contributed by atoms with Gasteiger partial charge in [0.1, 0.15) is 5.76 Å². The van der Waals surface area contributed by atoms with Crippen molar-refractivity contribution in [2.45, 2.75) is 25.8 Å². The van der Waals surface area contributed by atoms with Crippen LogP contribution in [-0.4, -0.2) is 43.3 Å². The van der Waals surface area contributed by atoms with Gasteiger partial charge in [-0.05, 0) is 43.2 Å². The number of amides is 1. The number of carbonyl (C=O) groups is 1. The lowest BCUT2D eigenvalue weighted by atomic mass is 10.2. The number of nitrogens with zero attached hydrogens (tertiary/aromatic N) is 1. The summed E-state index contributed by atoms with van der Waals surface area (Å²) in [4.78, 5) is 14.5. The van der Waals surface area contributed by atoms with Crippen LogP contribution in [0.1, 0.15) is 30.3 Å². The van der Waals surface area contributed by atoms with Crippen molar-refractivity contribution >= 4 is 38.9 Å². The predicted molar refractivity (Wildman–Crippen MR) is 103 cm³/mol. The minimum atomic E-state index is -3.08. The SMILES string of the molecule is CCCN(C(=O)c1ccc(-c2cc(Cl)ccc2Cl)o1)C1CCS(=O)(=O)C1. The number of benzene rings is 1. The number of furan rings is 1. The molecule has 1 unspecified atom stereocenters. The molecule has 0 aliphatic carbocycles. The Labute approximate surface area is 162 Å². The van der Waals surface area contributed by atoms with E-state index in [-0.39, 0.29) is 29.2 Å². The van der Waals surface area contributed by atoms with Crippen LogP contribution in [0.4, 0.5) is 0 Å². The third-order valence-electron chi connectivity index (χ3n) is 4.39. The summed E-state index contributed by atoms with van der Waals surface area (Å²) in [6.45, 7) is 2.43. The van der Waals surface area contributed by atoms with Gasteiger partial charge in [-0.2, -0.15) is 0 Å². The summed E-state index contributed by atoms with van der Waals surface area (Å²) in [7, 11) is -3.08. The molecule has 1 aliphatic rings. The van der Waals surface area contributed by atoms with Crippen LogP contribution in [0.25, 0.3) is 11.3 Å². The maximum absolute atomic E-state index is 12.9. The fourth-order valence-electron chi connectivity index (χ4n) is 3.14. The first kappa shape index (κ1) is 19.3. The number of hydrogen-bond acceptors (Lipinski definition) is 4. The maximum atomic E-state index is 12.9. The van der Waals surface area contributed by atoms with E-state index in [9.17, 15) is 13.2 Å². The summed E-state index contributed by atoms with van der Waals surface area (Å²) in [5.41, 5.74) is 0.601. The summed E-state index contributed by atoms with van der Waals surface area (Å²) in [6.07, 6.45) is 1.19. The third-order valence-corrected chi connectivity index (χ3v) is 6.70. The average molecular weight is 416 g/mol. The predicted octanol–water partition coefficient (Wildman–Crippen LogP) is 4.29. The molecule has 1 atom stereocenters. The van der Waals surface area contributed by atoms with E-state index in [1.165, 1.54) is 0 Å². The van der Waals surface area contributed by atoms with Crippen molar-refractivity contribution in [1.82, 2.24) is 4.90 Å². The quantitative estimate of drug-likeness (QED) is 0.729. The summed E-state index contributed by atoms with van der Waals surface area (Å²) in [5, 5.41) is 0.979. The molecule has 26 heavy (non-hydrogen) atoms. The Morgan fingerprint density at radius 1 is 1.27 bits per heavy atom. The molecule has 1 aliphatic heterocycles. The second kappa shape index (κ2) is 7.62. The van der Waals surface area contributed by atoms with Gasteiger partial charge < -0.3 is 9.32 Å². The molecule has 0 bridgehead atoms. The number of halogens is 2. The van der Waals surface area contributed by atoms with Gasteiger partial charge in [0.05, 0.1) is 16.5 Å². The number of rotatable bonds is 5. The minimum Gasteiger partial charge on any atom is -0.451 e. The van der Waals surface area contributed by atoms with E-state index >= 15 is 0 Å². The maximum Gasteiger partial charge on any atom is 0.289 e. The zero-order valence-electron chi connectivity index (χ0n) is 14.2. The normalized spacial score (nSPS) is 18.8. The monoisotopic (exact) mass is 415 g/mol. The average Bonchev–Trinajstić information content (AvgIpc) is 3.21. The molecule has 1 saturated heterocycles. The molecular formula is C18H19Cl2NO4S. The Bertz CT molecular complexity index is 923. The van der Waals surface area contributed by atoms with E-state index in [0.29, 0.717) is 34.3 Å². The zero-order chi connectivity index (χ0) is 18.9. The number of carbonyl (C=O) groups excluding carboxylic acids is 1. The Morgan fingerprint density at radius 2 is 2.04 bits per heavy atom. The molecule has 5 nitrogen and oxygen atoms in total. The minimum absolute atomic E-state index is 0.00638. The molecule has 0 radical (unpaired) electrons. The molecule has 1 amide bonds. The van der Waals surface area contributed by atoms with Gasteiger partial charge in [-0.1, -0.05) is 30.1 Å². The number of sulfone groups is 1. The Morgan fingerprint density at radius 3 is 2.69 bits per heavy atom. The Kier molecular flexibility index (Phi) is 5.65. The molecule has 0 spiro atoms. The van der Waals surface area contributed by atoms with Gasteiger partial charge in [0.15, 0.2) is 15.6 Å². The van der Waals surface area contributed by atoms with Gasteiger partial charge in [-0.25, -0.2) is 8.42 Å². The van der Waals surface area contributed by atoms with Crippen LogP contribution in [0.5, 0.6) is 0 Å². The smallest absolute Gasteiger partial charge is 0.289 e. The van der Waals surface area contributed by atoms with E-state index < -0.39 is 9.84 Å². The fraction of sp³-hybridized carbons (Fsp3) is 0.389. The first-order valence-electron chi connectivity index (χ1n) is 8.37. The van der Waals surface area contributed by atoms with Crippen molar-refractivity contribution in [2.24, 2.45) is 0 Å².